The van der Waals surface area contributed by atoms with E-state index in [1.54, 1.807) is 17.5 Å². The summed E-state index contributed by atoms with van der Waals surface area (Å²) in [5, 5.41) is 4.81. The van der Waals surface area contributed by atoms with E-state index >= 15 is 0 Å². The third-order valence-electron chi connectivity index (χ3n) is 5.87. The zero-order valence-corrected chi connectivity index (χ0v) is 20.5. The van der Waals surface area contributed by atoms with Gasteiger partial charge in [-0.05, 0) is 66.4 Å². The van der Waals surface area contributed by atoms with E-state index in [4.69, 9.17) is 0 Å². The van der Waals surface area contributed by atoms with Gasteiger partial charge in [0, 0.05) is 41.6 Å². The highest BCUT2D eigenvalue weighted by Gasteiger charge is 2.17. The van der Waals surface area contributed by atoms with Crippen LogP contribution in [0.4, 0.5) is 16.5 Å². The molecule has 5 rings (SSSR count). The first kappa shape index (κ1) is 23.1. The van der Waals surface area contributed by atoms with E-state index in [0.29, 0.717) is 16.4 Å². The number of carbonyl (C=O) groups is 1. The number of para-hydroxylation sites is 1. The molecule has 9 heteroatoms. The van der Waals surface area contributed by atoms with E-state index in [0.717, 1.165) is 31.5 Å². The molecule has 178 valence electrons. The average Bonchev–Trinajstić information content (AvgIpc) is 3.37. The van der Waals surface area contributed by atoms with Crippen LogP contribution in [0.25, 0.3) is 0 Å². The Balaban J connectivity index is 1.21. The van der Waals surface area contributed by atoms with Crippen molar-refractivity contribution in [3.8, 4) is 0 Å². The number of nitrogens with zero attached hydrogens (tertiary/aromatic N) is 2. The Kier molecular flexibility index (Phi) is 6.52. The number of rotatable bonds is 7. The number of carbonyl (C=O) groups excluding carboxylic acids is 1. The highest BCUT2D eigenvalue weighted by Crippen LogP contribution is 2.28. The highest BCUT2D eigenvalue weighted by molar-refractivity contribution is 7.93. The molecule has 1 amide bonds. The van der Waals surface area contributed by atoms with Crippen LogP contribution in [0.5, 0.6) is 0 Å². The Labute approximate surface area is 208 Å². The third kappa shape index (κ3) is 5.36. The van der Waals surface area contributed by atoms with Crippen molar-refractivity contribution in [1.29, 1.82) is 0 Å². The van der Waals surface area contributed by atoms with Gasteiger partial charge < -0.3 is 10.2 Å². The maximum Gasteiger partial charge on any atom is 0.263 e. The maximum absolute atomic E-state index is 12.7. The minimum Gasteiger partial charge on any atom is -0.367 e. The van der Waals surface area contributed by atoms with Crippen molar-refractivity contribution in [2.45, 2.75) is 24.3 Å². The predicted molar refractivity (Wildman–Crippen MR) is 140 cm³/mol. The van der Waals surface area contributed by atoms with Gasteiger partial charge in [-0.25, -0.2) is 13.4 Å². The number of aromatic nitrogens is 1. The van der Waals surface area contributed by atoms with Crippen molar-refractivity contribution >= 4 is 43.8 Å². The first-order chi connectivity index (χ1) is 17.0. The number of aryl methyl sites for hydroxylation is 1. The fraction of sp³-hybridized carbons (Fsp3) is 0.154. The number of thiazole rings is 1. The summed E-state index contributed by atoms with van der Waals surface area (Å²) < 4.78 is 27.4. The van der Waals surface area contributed by atoms with Gasteiger partial charge in [0.2, 0.25) is 0 Å². The fourth-order valence-electron chi connectivity index (χ4n) is 4.13. The summed E-state index contributed by atoms with van der Waals surface area (Å²) in [5.74, 6) is -0.253. The number of hydrogen-bond donors (Lipinski definition) is 2. The van der Waals surface area contributed by atoms with Gasteiger partial charge in [0.05, 0.1) is 4.90 Å². The molecule has 2 heterocycles. The Bertz CT molecular complexity index is 1420. The summed E-state index contributed by atoms with van der Waals surface area (Å²) >= 11 is 1.20. The van der Waals surface area contributed by atoms with Gasteiger partial charge in [0.15, 0.2) is 5.13 Å². The fourth-order valence-corrected chi connectivity index (χ4v) is 5.91. The average molecular weight is 505 g/mol. The topological polar surface area (TPSA) is 91.4 Å². The van der Waals surface area contributed by atoms with Crippen LogP contribution in [0.1, 0.15) is 27.9 Å². The van der Waals surface area contributed by atoms with Crippen LogP contribution in [0.3, 0.4) is 0 Å². The molecule has 0 saturated heterocycles. The number of sulfonamides is 1. The second-order valence-corrected chi connectivity index (χ2v) is 10.8. The molecule has 0 bridgehead atoms. The zero-order valence-electron chi connectivity index (χ0n) is 18.8. The maximum atomic E-state index is 12.7. The molecular formula is C26H24N4O3S2. The largest absolute Gasteiger partial charge is 0.367 e. The van der Waals surface area contributed by atoms with Crippen molar-refractivity contribution in [3.63, 3.8) is 0 Å². The molecule has 1 aliphatic rings. The number of anilines is 3. The van der Waals surface area contributed by atoms with Gasteiger partial charge in [-0.3, -0.25) is 9.52 Å². The number of benzene rings is 3. The van der Waals surface area contributed by atoms with Crippen molar-refractivity contribution < 1.29 is 13.2 Å². The summed E-state index contributed by atoms with van der Waals surface area (Å²) in [5.41, 5.74) is 4.85. The van der Waals surface area contributed by atoms with E-state index in [2.05, 4.69) is 44.2 Å². The van der Waals surface area contributed by atoms with E-state index < -0.39 is 10.0 Å². The lowest BCUT2D eigenvalue weighted by Crippen LogP contribution is -2.28. The van der Waals surface area contributed by atoms with Gasteiger partial charge >= 0.3 is 0 Å². The highest BCUT2D eigenvalue weighted by atomic mass is 32.2. The second kappa shape index (κ2) is 9.89. The van der Waals surface area contributed by atoms with Gasteiger partial charge in [-0.1, -0.05) is 30.3 Å². The number of fused-ring (bicyclic) bond motifs is 1. The molecule has 0 saturated carbocycles. The molecule has 4 aromatic rings. The van der Waals surface area contributed by atoms with Crippen LogP contribution in [-0.2, 0) is 23.0 Å². The Hall–Kier alpha value is -3.69. The molecule has 0 aliphatic carbocycles. The molecular weight excluding hydrogens is 480 g/mol. The monoisotopic (exact) mass is 504 g/mol. The molecule has 35 heavy (non-hydrogen) atoms. The molecule has 0 spiro atoms. The lowest BCUT2D eigenvalue weighted by atomic mass is 10.0. The number of nitrogens with one attached hydrogen (secondary N) is 2. The SMILES string of the molecule is O=C(Nc1ccc(S(=O)(=O)Nc2nccs2)cc1)c1ccc(CN2CCCc3ccccc32)cc1. The van der Waals surface area contributed by atoms with Crippen LogP contribution in [-0.4, -0.2) is 25.9 Å². The Morgan fingerprint density at radius 2 is 1.77 bits per heavy atom. The van der Waals surface area contributed by atoms with Crippen LogP contribution in [0.2, 0.25) is 0 Å². The standard InChI is InChI=1S/C26H24N4O3S2/c31-25(28-22-11-13-23(14-12-22)35(32,33)29-26-27-15-17-34-26)21-9-7-19(8-10-21)18-30-16-3-5-20-4-1-2-6-24(20)30/h1-2,4,6-15,17H,3,5,16,18H2,(H,27,29)(H,28,31). The van der Waals surface area contributed by atoms with Gasteiger partial charge in [-0.15, -0.1) is 11.3 Å². The van der Waals surface area contributed by atoms with E-state index in [-0.39, 0.29) is 10.8 Å². The quantitative estimate of drug-likeness (QED) is 0.363. The van der Waals surface area contributed by atoms with Gasteiger partial charge in [0.25, 0.3) is 15.9 Å². The normalized spacial score (nSPS) is 13.2. The lowest BCUT2D eigenvalue weighted by molar-refractivity contribution is 0.102. The molecule has 2 N–H and O–H groups in total. The van der Waals surface area contributed by atoms with E-state index in [1.807, 2.05) is 24.3 Å². The van der Waals surface area contributed by atoms with Crippen molar-refractivity contribution in [2.75, 3.05) is 21.5 Å². The summed E-state index contributed by atoms with van der Waals surface area (Å²) in [6.07, 6.45) is 3.78. The molecule has 0 fully saturated rings. The molecule has 0 radical (unpaired) electrons. The number of amides is 1. The van der Waals surface area contributed by atoms with E-state index in [1.165, 1.54) is 40.9 Å². The third-order valence-corrected chi connectivity index (χ3v) is 8.05. The summed E-state index contributed by atoms with van der Waals surface area (Å²) in [6, 6.07) is 22.1. The smallest absolute Gasteiger partial charge is 0.263 e. The summed E-state index contributed by atoms with van der Waals surface area (Å²) in [7, 11) is -3.74. The zero-order chi connectivity index (χ0) is 24.3. The first-order valence-electron chi connectivity index (χ1n) is 11.2. The van der Waals surface area contributed by atoms with Gasteiger partial charge in [-0.2, -0.15) is 0 Å². The van der Waals surface area contributed by atoms with E-state index in [9.17, 15) is 13.2 Å². The van der Waals surface area contributed by atoms with Crippen LogP contribution in [0.15, 0.2) is 89.3 Å². The molecule has 1 aromatic heterocycles. The minimum atomic E-state index is -3.74. The molecule has 3 aromatic carbocycles. The van der Waals surface area contributed by atoms with Crippen molar-refractivity contribution in [3.05, 3.63) is 101 Å². The Morgan fingerprint density at radius 1 is 1.00 bits per heavy atom. The predicted octanol–water partition coefficient (Wildman–Crippen LogP) is 5.15. The van der Waals surface area contributed by atoms with Gasteiger partial charge in [0.1, 0.15) is 0 Å². The second-order valence-electron chi connectivity index (χ2n) is 8.27. The van der Waals surface area contributed by atoms with Crippen LogP contribution >= 0.6 is 11.3 Å². The minimum absolute atomic E-state index is 0.0920. The Morgan fingerprint density at radius 3 is 2.51 bits per heavy atom. The van der Waals surface area contributed by atoms with Crippen molar-refractivity contribution in [1.82, 2.24) is 4.98 Å². The summed E-state index contributed by atoms with van der Waals surface area (Å²) in [4.78, 5) is 19.1. The van der Waals surface area contributed by atoms with Crippen LogP contribution in [0, 0.1) is 0 Å². The lowest BCUT2D eigenvalue weighted by Gasteiger charge is -2.31. The molecule has 1 aliphatic heterocycles. The van der Waals surface area contributed by atoms with Crippen molar-refractivity contribution in [2.24, 2.45) is 0 Å². The first-order valence-corrected chi connectivity index (χ1v) is 13.6. The molecule has 0 unspecified atom stereocenters. The number of hydrogen-bond acceptors (Lipinski definition) is 6. The summed E-state index contributed by atoms with van der Waals surface area (Å²) in [6.45, 7) is 1.81. The van der Waals surface area contributed by atoms with Crippen LogP contribution < -0.4 is 14.9 Å². The molecule has 0 atom stereocenters. The molecule has 7 nitrogen and oxygen atoms in total.